The van der Waals surface area contributed by atoms with Crippen molar-refractivity contribution in [2.45, 2.75) is 25.8 Å². The van der Waals surface area contributed by atoms with Gasteiger partial charge in [0.05, 0.1) is 17.3 Å². The van der Waals surface area contributed by atoms with Gasteiger partial charge in [-0.2, -0.15) is 0 Å². The fourth-order valence-electron chi connectivity index (χ4n) is 1.38. The molecule has 0 fully saturated rings. The number of hydrogen-bond donors (Lipinski definition) is 3. The lowest BCUT2D eigenvalue weighted by molar-refractivity contribution is -0.144. The minimum atomic E-state index is -1.11. The second-order valence-corrected chi connectivity index (χ2v) is 4.78. The highest BCUT2D eigenvalue weighted by molar-refractivity contribution is 6.33. The molecule has 0 aliphatic carbocycles. The number of carboxylic acid groups (broad SMARTS) is 1. The number of aliphatic carboxylic acids is 1. The molecule has 5 nitrogen and oxygen atoms in total. The standard InChI is InChI=1S/C13H17ClN2O3/c1-3-13(2,12(18)19)15-8-11(17)16-10-7-5-4-6-9(10)14/h4-7,15H,3,8H2,1-2H3,(H,16,17)(H,18,19). The molecule has 3 N–H and O–H groups in total. The van der Waals surface area contributed by atoms with E-state index in [1.807, 2.05) is 0 Å². The molecule has 104 valence electrons. The molecule has 0 saturated carbocycles. The summed E-state index contributed by atoms with van der Waals surface area (Å²) in [5.41, 5.74) is -0.609. The average molecular weight is 285 g/mol. The smallest absolute Gasteiger partial charge is 0.323 e. The van der Waals surface area contributed by atoms with Crippen molar-refractivity contribution in [2.24, 2.45) is 0 Å². The van der Waals surface area contributed by atoms with Gasteiger partial charge in [-0.25, -0.2) is 0 Å². The van der Waals surface area contributed by atoms with Gasteiger partial charge in [-0.05, 0) is 25.5 Å². The zero-order valence-corrected chi connectivity index (χ0v) is 11.6. The van der Waals surface area contributed by atoms with Crippen LogP contribution in [-0.4, -0.2) is 29.1 Å². The van der Waals surface area contributed by atoms with Crippen LogP contribution >= 0.6 is 11.6 Å². The van der Waals surface area contributed by atoms with E-state index in [4.69, 9.17) is 16.7 Å². The monoisotopic (exact) mass is 284 g/mol. The Labute approximate surface area is 117 Å². The zero-order chi connectivity index (χ0) is 14.5. The highest BCUT2D eigenvalue weighted by atomic mass is 35.5. The zero-order valence-electron chi connectivity index (χ0n) is 10.9. The van der Waals surface area contributed by atoms with E-state index < -0.39 is 11.5 Å². The first kappa shape index (κ1) is 15.5. The lowest BCUT2D eigenvalue weighted by Gasteiger charge is -2.24. The summed E-state index contributed by atoms with van der Waals surface area (Å²) in [4.78, 5) is 22.8. The number of benzene rings is 1. The first-order chi connectivity index (χ1) is 8.89. The fraction of sp³-hybridized carbons (Fsp3) is 0.385. The summed E-state index contributed by atoms with van der Waals surface area (Å²) >= 11 is 5.91. The minimum Gasteiger partial charge on any atom is -0.480 e. The van der Waals surface area contributed by atoms with Crippen molar-refractivity contribution in [3.63, 3.8) is 0 Å². The molecule has 1 aromatic carbocycles. The normalized spacial score (nSPS) is 13.6. The van der Waals surface area contributed by atoms with Crippen molar-refractivity contribution in [3.05, 3.63) is 29.3 Å². The number of amides is 1. The lowest BCUT2D eigenvalue weighted by Crippen LogP contribution is -2.51. The van der Waals surface area contributed by atoms with Gasteiger partial charge in [0.2, 0.25) is 5.91 Å². The Hall–Kier alpha value is -1.59. The molecule has 1 rings (SSSR count). The van der Waals surface area contributed by atoms with Gasteiger partial charge >= 0.3 is 5.97 Å². The Morgan fingerprint density at radius 1 is 1.37 bits per heavy atom. The van der Waals surface area contributed by atoms with Gasteiger partial charge in [-0.1, -0.05) is 30.7 Å². The van der Waals surface area contributed by atoms with Gasteiger partial charge in [-0.15, -0.1) is 0 Å². The van der Waals surface area contributed by atoms with Crippen LogP contribution in [0.4, 0.5) is 5.69 Å². The van der Waals surface area contributed by atoms with Crippen LogP contribution in [-0.2, 0) is 9.59 Å². The second-order valence-electron chi connectivity index (χ2n) is 4.37. The number of halogens is 1. The van der Waals surface area contributed by atoms with Gasteiger partial charge in [-0.3, -0.25) is 14.9 Å². The third-order valence-corrected chi connectivity index (χ3v) is 3.30. The van der Waals surface area contributed by atoms with Gasteiger partial charge in [0.1, 0.15) is 5.54 Å². The Balaban J connectivity index is 2.58. The number of hydrogen-bond acceptors (Lipinski definition) is 3. The van der Waals surface area contributed by atoms with E-state index in [-0.39, 0.29) is 12.5 Å². The van der Waals surface area contributed by atoms with E-state index in [1.54, 1.807) is 31.2 Å². The number of carboxylic acids is 1. The summed E-state index contributed by atoms with van der Waals surface area (Å²) in [5.74, 6) is -1.32. The van der Waals surface area contributed by atoms with Crippen LogP contribution in [0.2, 0.25) is 5.02 Å². The maximum Gasteiger partial charge on any atom is 0.323 e. The van der Waals surface area contributed by atoms with E-state index in [0.717, 1.165) is 0 Å². The van der Waals surface area contributed by atoms with Crippen LogP contribution in [0.3, 0.4) is 0 Å². The second kappa shape index (κ2) is 6.54. The fourth-order valence-corrected chi connectivity index (χ4v) is 1.57. The minimum absolute atomic E-state index is 0.0954. The molecule has 0 aliphatic heterocycles. The van der Waals surface area contributed by atoms with Crippen LogP contribution < -0.4 is 10.6 Å². The van der Waals surface area contributed by atoms with Gasteiger partial charge in [0.25, 0.3) is 0 Å². The topological polar surface area (TPSA) is 78.4 Å². The van der Waals surface area contributed by atoms with E-state index in [0.29, 0.717) is 17.1 Å². The Morgan fingerprint density at radius 2 is 2.00 bits per heavy atom. The number of anilines is 1. The van der Waals surface area contributed by atoms with E-state index in [9.17, 15) is 9.59 Å². The number of nitrogens with one attached hydrogen (secondary N) is 2. The largest absolute Gasteiger partial charge is 0.480 e. The molecule has 0 radical (unpaired) electrons. The van der Waals surface area contributed by atoms with Crippen LogP contribution in [0.5, 0.6) is 0 Å². The average Bonchev–Trinajstić information content (AvgIpc) is 2.38. The summed E-state index contributed by atoms with van der Waals surface area (Å²) in [6.45, 7) is 3.19. The molecule has 1 amide bonds. The summed E-state index contributed by atoms with van der Waals surface area (Å²) < 4.78 is 0. The molecule has 0 heterocycles. The number of rotatable bonds is 6. The van der Waals surface area contributed by atoms with Gasteiger partial charge < -0.3 is 10.4 Å². The molecule has 0 aromatic heterocycles. The third-order valence-electron chi connectivity index (χ3n) is 2.97. The number of para-hydroxylation sites is 1. The molecule has 0 bridgehead atoms. The molecule has 1 aromatic rings. The van der Waals surface area contributed by atoms with E-state index in [2.05, 4.69) is 10.6 Å². The van der Waals surface area contributed by atoms with Gasteiger partial charge in [0.15, 0.2) is 0 Å². The Bertz CT molecular complexity index is 479. The molecule has 1 atom stereocenters. The molecular formula is C13H17ClN2O3. The molecule has 6 heteroatoms. The first-order valence-electron chi connectivity index (χ1n) is 5.92. The first-order valence-corrected chi connectivity index (χ1v) is 6.29. The maximum absolute atomic E-state index is 11.7. The molecule has 0 aliphatic rings. The Morgan fingerprint density at radius 3 is 2.53 bits per heavy atom. The quantitative estimate of drug-likeness (QED) is 0.748. The molecule has 1 unspecified atom stereocenters. The molecular weight excluding hydrogens is 268 g/mol. The van der Waals surface area contributed by atoms with Crippen molar-refractivity contribution < 1.29 is 14.7 Å². The predicted molar refractivity (Wildman–Crippen MR) is 74.4 cm³/mol. The summed E-state index contributed by atoms with van der Waals surface area (Å²) in [7, 11) is 0. The molecule has 0 saturated heterocycles. The highest BCUT2D eigenvalue weighted by Gasteiger charge is 2.30. The highest BCUT2D eigenvalue weighted by Crippen LogP contribution is 2.20. The maximum atomic E-state index is 11.7. The Kier molecular flexibility index (Phi) is 5.32. The number of carbonyl (C=O) groups is 2. The summed E-state index contributed by atoms with van der Waals surface area (Å²) in [5, 5.41) is 14.9. The van der Waals surface area contributed by atoms with Crippen molar-refractivity contribution in [1.82, 2.24) is 5.32 Å². The van der Waals surface area contributed by atoms with Crippen molar-refractivity contribution in [3.8, 4) is 0 Å². The SMILES string of the molecule is CCC(C)(NCC(=O)Nc1ccccc1Cl)C(=O)O. The van der Waals surface area contributed by atoms with Crippen LogP contribution in [0.1, 0.15) is 20.3 Å². The molecule has 0 spiro atoms. The number of carbonyl (C=O) groups excluding carboxylic acids is 1. The molecule has 19 heavy (non-hydrogen) atoms. The van der Waals surface area contributed by atoms with Crippen LogP contribution in [0, 0.1) is 0 Å². The van der Waals surface area contributed by atoms with E-state index >= 15 is 0 Å². The van der Waals surface area contributed by atoms with Crippen molar-refractivity contribution in [1.29, 1.82) is 0 Å². The third kappa shape index (κ3) is 4.22. The van der Waals surface area contributed by atoms with Gasteiger partial charge in [0, 0.05) is 0 Å². The van der Waals surface area contributed by atoms with Crippen molar-refractivity contribution in [2.75, 3.05) is 11.9 Å². The van der Waals surface area contributed by atoms with Crippen LogP contribution in [0.25, 0.3) is 0 Å². The lowest BCUT2D eigenvalue weighted by atomic mass is 9.99. The summed E-state index contributed by atoms with van der Waals surface area (Å²) in [6.07, 6.45) is 0.377. The van der Waals surface area contributed by atoms with Crippen LogP contribution in [0.15, 0.2) is 24.3 Å². The van der Waals surface area contributed by atoms with E-state index in [1.165, 1.54) is 6.92 Å². The van der Waals surface area contributed by atoms with Crippen molar-refractivity contribution >= 4 is 29.2 Å². The summed E-state index contributed by atoms with van der Waals surface area (Å²) in [6, 6.07) is 6.85. The predicted octanol–water partition coefficient (Wildman–Crippen LogP) is 2.12.